The van der Waals surface area contributed by atoms with Crippen LogP contribution in [-0.4, -0.2) is 35.8 Å². The molecule has 0 saturated carbocycles. The third-order valence-electron chi connectivity index (χ3n) is 2.29. The molecule has 0 unspecified atom stereocenters. The van der Waals surface area contributed by atoms with E-state index in [4.69, 9.17) is 5.11 Å². The van der Waals surface area contributed by atoms with Crippen molar-refractivity contribution in [3.63, 3.8) is 0 Å². The van der Waals surface area contributed by atoms with E-state index in [9.17, 15) is 13.2 Å². The maximum atomic E-state index is 11.9. The summed E-state index contributed by atoms with van der Waals surface area (Å²) in [6.45, 7) is 0.588. The summed E-state index contributed by atoms with van der Waals surface area (Å²) in [5, 5.41) is 14.0. The van der Waals surface area contributed by atoms with Crippen LogP contribution in [0.15, 0.2) is 34.8 Å². The van der Waals surface area contributed by atoms with E-state index in [1.807, 2.05) is 0 Å². The monoisotopic (exact) mass is 301 g/mol. The van der Waals surface area contributed by atoms with Crippen LogP contribution in [0.5, 0.6) is 0 Å². The summed E-state index contributed by atoms with van der Waals surface area (Å²) in [5.41, 5.74) is 0. The number of aromatic nitrogens is 2. The molecule has 0 saturated heterocycles. The number of carboxylic acids is 1. The number of rotatable bonds is 6. The zero-order valence-corrected chi connectivity index (χ0v) is 11.3. The molecule has 2 aromatic heterocycles. The summed E-state index contributed by atoms with van der Waals surface area (Å²) in [5.74, 6) is -1.14. The van der Waals surface area contributed by atoms with Gasteiger partial charge in [-0.05, 0) is 12.1 Å². The summed E-state index contributed by atoms with van der Waals surface area (Å²) in [6, 6.07) is 2.88. The average Bonchev–Trinajstić information content (AvgIpc) is 2.99. The number of thiophene rings is 1. The number of carbonyl (C=O) groups is 1. The van der Waals surface area contributed by atoms with Crippen LogP contribution in [0, 0.1) is 0 Å². The molecular formula is C10H11N3O4S2. The van der Waals surface area contributed by atoms with Crippen molar-refractivity contribution in [3.8, 4) is 0 Å². The van der Waals surface area contributed by atoms with Crippen LogP contribution in [0.4, 0.5) is 0 Å². The van der Waals surface area contributed by atoms with E-state index in [1.165, 1.54) is 5.38 Å². The van der Waals surface area contributed by atoms with Crippen molar-refractivity contribution in [2.75, 3.05) is 6.54 Å². The van der Waals surface area contributed by atoms with E-state index in [1.54, 1.807) is 23.1 Å². The zero-order chi connectivity index (χ0) is 13.9. The molecule has 0 aromatic carbocycles. The van der Waals surface area contributed by atoms with Gasteiger partial charge in [0.25, 0.3) is 0 Å². The van der Waals surface area contributed by atoms with Gasteiger partial charge in [0.15, 0.2) is 0 Å². The molecule has 0 radical (unpaired) electrons. The topological polar surface area (TPSA) is 101 Å². The molecule has 0 bridgehead atoms. The van der Waals surface area contributed by atoms with E-state index in [0.717, 1.165) is 17.4 Å². The van der Waals surface area contributed by atoms with Crippen LogP contribution in [-0.2, 0) is 16.6 Å². The summed E-state index contributed by atoms with van der Waals surface area (Å²) >= 11 is 0.879. The molecule has 0 fully saturated rings. The maximum Gasteiger partial charge on any atom is 0.345 e. The minimum absolute atomic E-state index is 0.00699. The van der Waals surface area contributed by atoms with Crippen molar-refractivity contribution >= 4 is 27.3 Å². The molecule has 2 aromatic rings. The number of nitrogens with one attached hydrogen (secondary N) is 1. The Morgan fingerprint density at radius 3 is 2.89 bits per heavy atom. The van der Waals surface area contributed by atoms with Gasteiger partial charge in [-0.2, -0.15) is 5.10 Å². The van der Waals surface area contributed by atoms with Gasteiger partial charge in [-0.15, -0.1) is 11.3 Å². The van der Waals surface area contributed by atoms with Gasteiger partial charge in [0.2, 0.25) is 10.0 Å². The second kappa shape index (κ2) is 5.51. The van der Waals surface area contributed by atoms with E-state index in [0.29, 0.717) is 6.54 Å². The third-order valence-corrected chi connectivity index (χ3v) is 4.80. The van der Waals surface area contributed by atoms with E-state index >= 15 is 0 Å². The van der Waals surface area contributed by atoms with Gasteiger partial charge in [-0.1, -0.05) is 0 Å². The van der Waals surface area contributed by atoms with Gasteiger partial charge in [0.1, 0.15) is 4.88 Å². The maximum absolute atomic E-state index is 11.9. The first-order chi connectivity index (χ1) is 8.99. The van der Waals surface area contributed by atoms with Crippen LogP contribution in [0.2, 0.25) is 0 Å². The van der Waals surface area contributed by atoms with Gasteiger partial charge in [0.05, 0.1) is 11.4 Å². The van der Waals surface area contributed by atoms with E-state index in [-0.39, 0.29) is 16.3 Å². The number of hydrogen-bond donors (Lipinski definition) is 2. The molecule has 0 atom stereocenters. The summed E-state index contributed by atoms with van der Waals surface area (Å²) in [7, 11) is -3.67. The van der Waals surface area contributed by atoms with E-state index < -0.39 is 16.0 Å². The second-order valence-electron chi connectivity index (χ2n) is 3.62. The molecule has 7 nitrogen and oxygen atoms in total. The Hall–Kier alpha value is -1.71. The van der Waals surface area contributed by atoms with Gasteiger partial charge >= 0.3 is 5.97 Å². The van der Waals surface area contributed by atoms with Crippen molar-refractivity contribution in [2.24, 2.45) is 0 Å². The highest BCUT2D eigenvalue weighted by Gasteiger charge is 2.17. The van der Waals surface area contributed by atoms with Gasteiger partial charge in [0, 0.05) is 24.3 Å². The SMILES string of the molecule is O=C(O)c1cc(S(=O)(=O)NCCn2cccn2)cs1. The highest BCUT2D eigenvalue weighted by atomic mass is 32.2. The highest BCUT2D eigenvalue weighted by Crippen LogP contribution is 2.18. The van der Waals surface area contributed by atoms with Gasteiger partial charge in [-0.3, -0.25) is 4.68 Å². The average molecular weight is 301 g/mol. The first-order valence-corrected chi connectivity index (χ1v) is 7.64. The van der Waals surface area contributed by atoms with Crippen LogP contribution in [0.25, 0.3) is 0 Å². The standard InChI is InChI=1S/C10H11N3O4S2/c14-10(15)9-6-8(7-18-9)19(16,17)12-3-5-13-4-1-2-11-13/h1-2,4,6-7,12H,3,5H2,(H,14,15). The molecule has 19 heavy (non-hydrogen) atoms. The molecule has 0 aliphatic heterocycles. The summed E-state index contributed by atoms with van der Waals surface area (Å²) in [6.07, 6.45) is 3.33. The predicted molar refractivity (Wildman–Crippen MR) is 68.7 cm³/mol. The van der Waals surface area contributed by atoms with Crippen molar-refractivity contribution < 1.29 is 18.3 Å². The largest absolute Gasteiger partial charge is 0.477 e. The number of nitrogens with zero attached hydrogens (tertiary/aromatic N) is 2. The minimum atomic E-state index is -3.67. The first kappa shape index (κ1) is 13.7. The molecule has 2 rings (SSSR count). The zero-order valence-electron chi connectivity index (χ0n) is 9.68. The normalized spacial score (nSPS) is 11.6. The van der Waals surface area contributed by atoms with Crippen LogP contribution < -0.4 is 4.72 Å². The molecule has 0 aliphatic carbocycles. The molecule has 0 amide bonds. The fourth-order valence-electron chi connectivity index (χ4n) is 1.38. The Balaban J connectivity index is 1.99. The number of carboxylic acid groups (broad SMARTS) is 1. The van der Waals surface area contributed by atoms with E-state index in [2.05, 4.69) is 9.82 Å². The molecule has 0 aliphatic rings. The lowest BCUT2D eigenvalue weighted by Gasteiger charge is -2.04. The Kier molecular flexibility index (Phi) is 3.98. The fourth-order valence-corrected chi connectivity index (χ4v) is 3.51. The van der Waals surface area contributed by atoms with Crippen molar-refractivity contribution in [1.82, 2.24) is 14.5 Å². The lowest BCUT2D eigenvalue weighted by atomic mass is 10.5. The quantitative estimate of drug-likeness (QED) is 0.814. The summed E-state index contributed by atoms with van der Waals surface area (Å²) < 4.78 is 27.7. The number of aromatic carboxylic acids is 1. The third kappa shape index (κ3) is 3.40. The van der Waals surface area contributed by atoms with Crippen LogP contribution >= 0.6 is 11.3 Å². The fraction of sp³-hybridized carbons (Fsp3) is 0.200. The molecule has 102 valence electrons. The lowest BCUT2D eigenvalue weighted by Crippen LogP contribution is -2.27. The molecule has 2 N–H and O–H groups in total. The Labute approximate surface area is 113 Å². The second-order valence-corrected chi connectivity index (χ2v) is 6.30. The lowest BCUT2D eigenvalue weighted by molar-refractivity contribution is 0.0702. The van der Waals surface area contributed by atoms with Crippen LogP contribution in [0.1, 0.15) is 9.67 Å². The predicted octanol–water partition coefficient (Wildman–Crippen LogP) is 0.621. The number of sulfonamides is 1. The van der Waals surface area contributed by atoms with Gasteiger partial charge in [-0.25, -0.2) is 17.9 Å². The molecule has 9 heteroatoms. The molecule has 0 spiro atoms. The Morgan fingerprint density at radius 2 is 2.32 bits per heavy atom. The van der Waals surface area contributed by atoms with Crippen molar-refractivity contribution in [2.45, 2.75) is 11.4 Å². The van der Waals surface area contributed by atoms with Crippen molar-refractivity contribution in [1.29, 1.82) is 0 Å². The first-order valence-electron chi connectivity index (χ1n) is 5.28. The summed E-state index contributed by atoms with van der Waals surface area (Å²) in [4.78, 5) is 10.7. The number of hydrogen-bond acceptors (Lipinski definition) is 5. The van der Waals surface area contributed by atoms with Gasteiger partial charge < -0.3 is 5.11 Å². The van der Waals surface area contributed by atoms with Crippen LogP contribution in [0.3, 0.4) is 0 Å². The highest BCUT2D eigenvalue weighted by molar-refractivity contribution is 7.89. The Morgan fingerprint density at radius 1 is 1.53 bits per heavy atom. The molecular weight excluding hydrogens is 290 g/mol. The smallest absolute Gasteiger partial charge is 0.345 e. The van der Waals surface area contributed by atoms with Crippen molar-refractivity contribution in [3.05, 3.63) is 34.8 Å². The minimum Gasteiger partial charge on any atom is -0.477 e. The molecule has 2 heterocycles. The Bertz CT molecular complexity index is 661.